The van der Waals surface area contributed by atoms with Crippen molar-refractivity contribution in [2.45, 2.75) is 31.7 Å². The molecule has 0 saturated heterocycles. The van der Waals surface area contributed by atoms with Crippen molar-refractivity contribution in [1.82, 2.24) is 14.8 Å². The number of para-hydroxylation sites is 1. The van der Waals surface area contributed by atoms with Crippen LogP contribution in [0, 0.1) is 5.92 Å². The normalized spacial score (nSPS) is 18.7. The van der Waals surface area contributed by atoms with Gasteiger partial charge in [-0.2, -0.15) is 5.10 Å². The number of aliphatic carboxylic acids is 1. The number of nitrogens with one attached hydrogen (secondary N) is 1. The fourth-order valence-corrected chi connectivity index (χ4v) is 4.44. The predicted octanol–water partition coefficient (Wildman–Crippen LogP) is 5.66. The van der Waals surface area contributed by atoms with Gasteiger partial charge in [-0.1, -0.05) is 30.3 Å². The van der Waals surface area contributed by atoms with Crippen LogP contribution in [0.25, 0.3) is 22.2 Å². The topological polar surface area (TPSA) is 80.0 Å². The Balaban J connectivity index is 1.43. The predicted molar refractivity (Wildman–Crippen MR) is 121 cm³/mol. The number of benzene rings is 2. The van der Waals surface area contributed by atoms with Gasteiger partial charge in [-0.05, 0) is 56.0 Å². The molecule has 2 aromatic heterocycles. The van der Waals surface area contributed by atoms with Crippen LogP contribution in [0.1, 0.15) is 31.7 Å². The molecule has 156 valence electrons. The summed E-state index contributed by atoms with van der Waals surface area (Å²) in [4.78, 5) is 15.6. The molecule has 0 amide bonds. The van der Waals surface area contributed by atoms with Crippen LogP contribution >= 0.6 is 0 Å². The van der Waals surface area contributed by atoms with Crippen LogP contribution in [0.5, 0.6) is 0 Å². The molecule has 31 heavy (non-hydrogen) atoms. The third kappa shape index (κ3) is 3.89. The van der Waals surface area contributed by atoms with Crippen LogP contribution in [0.4, 0.5) is 11.4 Å². The summed E-state index contributed by atoms with van der Waals surface area (Å²) >= 11 is 0. The van der Waals surface area contributed by atoms with Gasteiger partial charge in [0.1, 0.15) is 5.69 Å². The highest BCUT2D eigenvalue weighted by Gasteiger charge is 2.28. The van der Waals surface area contributed by atoms with E-state index >= 15 is 0 Å². The molecule has 4 aromatic rings. The Morgan fingerprint density at radius 2 is 1.65 bits per heavy atom. The molecule has 5 rings (SSSR count). The van der Waals surface area contributed by atoms with Crippen molar-refractivity contribution in [1.29, 1.82) is 0 Å². The number of aromatic nitrogens is 3. The SMILES string of the molecule is O=C(O)C1CCC(n2nc(-c3ccc(Nc4ccccc4)cc3)c3cnccc32)CC1. The number of carboxylic acids is 1. The fraction of sp³-hybridized carbons (Fsp3) is 0.240. The van der Waals surface area contributed by atoms with Gasteiger partial charge in [0, 0.05) is 34.7 Å². The van der Waals surface area contributed by atoms with Crippen molar-refractivity contribution in [3.8, 4) is 11.3 Å². The van der Waals surface area contributed by atoms with Gasteiger partial charge in [0.2, 0.25) is 0 Å². The Kier molecular flexibility index (Phi) is 5.12. The summed E-state index contributed by atoms with van der Waals surface area (Å²) in [6.45, 7) is 0. The summed E-state index contributed by atoms with van der Waals surface area (Å²) in [6.07, 6.45) is 6.71. The number of carboxylic acid groups (broad SMARTS) is 1. The standard InChI is InChI=1S/C25H24N4O2/c30-25(31)18-8-12-21(13-9-18)29-23-14-15-26-16-22(23)24(28-29)17-6-10-20(11-7-17)27-19-4-2-1-3-5-19/h1-7,10-11,14-16,18,21,27H,8-9,12-13H2,(H,30,31). The van der Waals surface area contributed by atoms with Gasteiger partial charge < -0.3 is 10.4 Å². The molecule has 0 spiro atoms. The zero-order valence-corrected chi connectivity index (χ0v) is 17.1. The van der Waals surface area contributed by atoms with E-state index < -0.39 is 5.97 Å². The van der Waals surface area contributed by atoms with Gasteiger partial charge in [-0.15, -0.1) is 0 Å². The van der Waals surface area contributed by atoms with Crippen LogP contribution in [0.2, 0.25) is 0 Å². The molecule has 2 heterocycles. The van der Waals surface area contributed by atoms with Gasteiger partial charge in [-0.3, -0.25) is 14.5 Å². The highest BCUT2D eigenvalue weighted by atomic mass is 16.4. The van der Waals surface area contributed by atoms with Gasteiger partial charge in [0.05, 0.1) is 17.5 Å². The first-order chi connectivity index (χ1) is 15.2. The number of fused-ring (bicyclic) bond motifs is 1. The molecule has 2 aromatic carbocycles. The second-order valence-electron chi connectivity index (χ2n) is 8.10. The summed E-state index contributed by atoms with van der Waals surface area (Å²) in [7, 11) is 0. The van der Waals surface area contributed by atoms with Crippen molar-refractivity contribution in [3.05, 3.63) is 73.1 Å². The van der Waals surface area contributed by atoms with Crippen molar-refractivity contribution in [2.24, 2.45) is 5.92 Å². The van der Waals surface area contributed by atoms with Gasteiger partial charge >= 0.3 is 5.97 Å². The Morgan fingerprint density at radius 3 is 2.35 bits per heavy atom. The number of carbonyl (C=O) groups is 1. The maximum Gasteiger partial charge on any atom is 0.306 e. The molecule has 6 heteroatoms. The Bertz CT molecular complexity index is 1190. The summed E-state index contributed by atoms with van der Waals surface area (Å²) in [5, 5.41) is 18.7. The fourth-order valence-electron chi connectivity index (χ4n) is 4.44. The molecular weight excluding hydrogens is 388 g/mol. The van der Waals surface area contributed by atoms with Crippen LogP contribution in [-0.4, -0.2) is 25.8 Å². The van der Waals surface area contributed by atoms with Gasteiger partial charge in [0.25, 0.3) is 0 Å². The van der Waals surface area contributed by atoms with Crippen LogP contribution in [-0.2, 0) is 4.79 Å². The molecule has 6 nitrogen and oxygen atoms in total. The van der Waals surface area contributed by atoms with Crippen LogP contribution in [0.15, 0.2) is 73.1 Å². The number of anilines is 2. The van der Waals surface area contributed by atoms with E-state index in [-0.39, 0.29) is 12.0 Å². The molecular formula is C25H24N4O2. The van der Waals surface area contributed by atoms with E-state index in [1.807, 2.05) is 42.6 Å². The number of nitrogens with zero attached hydrogens (tertiary/aromatic N) is 3. The number of pyridine rings is 1. The molecule has 0 bridgehead atoms. The van der Waals surface area contributed by atoms with Crippen LogP contribution < -0.4 is 5.32 Å². The van der Waals surface area contributed by atoms with Crippen molar-refractivity contribution in [2.75, 3.05) is 5.32 Å². The molecule has 0 aliphatic heterocycles. The first kappa shape index (κ1) is 19.3. The molecule has 1 fully saturated rings. The molecule has 0 unspecified atom stereocenters. The largest absolute Gasteiger partial charge is 0.481 e. The Morgan fingerprint density at radius 1 is 0.935 bits per heavy atom. The lowest BCUT2D eigenvalue weighted by molar-refractivity contribution is -0.143. The molecule has 1 aliphatic rings. The van der Waals surface area contributed by atoms with Crippen molar-refractivity contribution in [3.63, 3.8) is 0 Å². The highest BCUT2D eigenvalue weighted by molar-refractivity contribution is 5.93. The van der Waals surface area contributed by atoms with E-state index in [0.29, 0.717) is 12.8 Å². The number of hydrogen-bond acceptors (Lipinski definition) is 4. The summed E-state index contributed by atoms with van der Waals surface area (Å²) in [5.74, 6) is -0.915. The third-order valence-corrected chi connectivity index (χ3v) is 6.12. The minimum Gasteiger partial charge on any atom is -0.481 e. The summed E-state index contributed by atoms with van der Waals surface area (Å²) in [6, 6.07) is 20.6. The summed E-state index contributed by atoms with van der Waals surface area (Å²) < 4.78 is 2.08. The number of hydrogen-bond donors (Lipinski definition) is 2. The van der Waals surface area contributed by atoms with Crippen molar-refractivity contribution >= 4 is 28.2 Å². The first-order valence-corrected chi connectivity index (χ1v) is 10.7. The lowest BCUT2D eigenvalue weighted by Gasteiger charge is -2.26. The quantitative estimate of drug-likeness (QED) is 0.442. The monoisotopic (exact) mass is 412 g/mol. The maximum atomic E-state index is 11.3. The third-order valence-electron chi connectivity index (χ3n) is 6.12. The summed E-state index contributed by atoms with van der Waals surface area (Å²) in [5.41, 5.74) is 5.06. The van der Waals surface area contributed by atoms with E-state index in [9.17, 15) is 9.90 Å². The second kappa shape index (κ2) is 8.22. The zero-order chi connectivity index (χ0) is 21.2. The van der Waals surface area contributed by atoms with E-state index in [1.165, 1.54) is 0 Å². The van der Waals surface area contributed by atoms with Gasteiger partial charge in [0.15, 0.2) is 0 Å². The molecule has 1 aliphatic carbocycles. The first-order valence-electron chi connectivity index (χ1n) is 10.7. The smallest absolute Gasteiger partial charge is 0.306 e. The average Bonchev–Trinajstić information content (AvgIpc) is 3.20. The van der Waals surface area contributed by atoms with Crippen LogP contribution in [0.3, 0.4) is 0 Å². The molecule has 0 atom stereocenters. The lowest BCUT2D eigenvalue weighted by Crippen LogP contribution is -2.23. The Hall–Kier alpha value is -3.67. The Labute approximate surface area is 180 Å². The molecule has 1 saturated carbocycles. The van der Waals surface area contributed by atoms with E-state index in [0.717, 1.165) is 46.4 Å². The van der Waals surface area contributed by atoms with Gasteiger partial charge in [-0.25, -0.2) is 0 Å². The average molecular weight is 412 g/mol. The second-order valence-corrected chi connectivity index (χ2v) is 8.10. The lowest BCUT2D eigenvalue weighted by atomic mass is 9.86. The highest BCUT2D eigenvalue weighted by Crippen LogP contribution is 2.36. The van der Waals surface area contributed by atoms with E-state index in [1.54, 1.807) is 6.20 Å². The zero-order valence-electron chi connectivity index (χ0n) is 17.1. The minimum atomic E-state index is -0.683. The van der Waals surface area contributed by atoms with Crippen molar-refractivity contribution < 1.29 is 9.90 Å². The maximum absolute atomic E-state index is 11.3. The molecule has 0 radical (unpaired) electrons. The van der Waals surface area contributed by atoms with E-state index in [4.69, 9.17) is 5.10 Å². The van der Waals surface area contributed by atoms with E-state index in [2.05, 4.69) is 39.2 Å². The molecule has 2 N–H and O–H groups in total. The number of rotatable bonds is 5. The minimum absolute atomic E-state index is 0.216.